The molecule has 0 spiro atoms. The minimum absolute atomic E-state index is 0.0131. The van der Waals surface area contributed by atoms with Crippen LogP contribution in [0.15, 0.2) is 11.6 Å². The summed E-state index contributed by atoms with van der Waals surface area (Å²) >= 11 is 0. The minimum Gasteiger partial charge on any atom is -0.390 e. The standard InChI is InChI=1S/C40H64O6/c1-13-22-42-24-38(10)30-23-40(12)26(16-19-33(2,3)31(41)32(38)46-35(6,7)45-30)14-15-28-36(8)20-18-29-37(9,25-43-34(4,5)44-29)27(36)17-21-39(28,40)11/h1,14,27-32,41H,15-25H2,2-12H3/t27?,28?,29-,30+,31-,32-,36-,37+,38+,39+,40+/m0/s1. The third-order valence-corrected chi connectivity index (χ3v) is 15.1. The average molecular weight is 641 g/mol. The molecule has 2 saturated heterocycles. The second-order valence-electron chi connectivity index (χ2n) is 19.1. The molecule has 5 fully saturated rings. The second-order valence-corrected chi connectivity index (χ2v) is 19.1. The summed E-state index contributed by atoms with van der Waals surface area (Å²) in [6, 6.07) is 0. The molecule has 0 aromatic carbocycles. The van der Waals surface area contributed by atoms with Crippen molar-refractivity contribution in [2.24, 2.45) is 44.3 Å². The van der Waals surface area contributed by atoms with Crippen LogP contribution in [0.5, 0.6) is 0 Å². The highest BCUT2D eigenvalue weighted by Gasteiger charge is 2.69. The highest BCUT2D eigenvalue weighted by atomic mass is 16.7. The summed E-state index contributed by atoms with van der Waals surface area (Å²) in [4.78, 5) is 0. The third-order valence-electron chi connectivity index (χ3n) is 15.1. The molecule has 6 aliphatic rings. The van der Waals surface area contributed by atoms with E-state index in [0.717, 1.165) is 38.7 Å². The van der Waals surface area contributed by atoms with E-state index in [-0.39, 0.29) is 45.9 Å². The predicted molar refractivity (Wildman–Crippen MR) is 181 cm³/mol. The van der Waals surface area contributed by atoms with Gasteiger partial charge in [-0.25, -0.2) is 0 Å². The number of hydrogen-bond donors (Lipinski definition) is 1. The first-order valence-electron chi connectivity index (χ1n) is 18.2. The summed E-state index contributed by atoms with van der Waals surface area (Å²) < 4.78 is 32.9. The second kappa shape index (κ2) is 11.0. The van der Waals surface area contributed by atoms with E-state index < -0.39 is 29.2 Å². The van der Waals surface area contributed by atoms with E-state index >= 15 is 0 Å². The summed E-state index contributed by atoms with van der Waals surface area (Å²) in [6.45, 7) is 26.4. The van der Waals surface area contributed by atoms with Gasteiger partial charge in [0, 0.05) is 10.8 Å². The van der Waals surface area contributed by atoms with Crippen molar-refractivity contribution < 1.29 is 28.8 Å². The molecule has 6 heteroatoms. The topological polar surface area (TPSA) is 66.4 Å². The van der Waals surface area contributed by atoms with E-state index in [1.165, 1.54) is 19.3 Å². The molecule has 6 rings (SSSR count). The zero-order valence-electron chi connectivity index (χ0n) is 30.9. The molecule has 2 heterocycles. The van der Waals surface area contributed by atoms with Crippen molar-refractivity contribution in [3.05, 3.63) is 11.6 Å². The van der Waals surface area contributed by atoms with Gasteiger partial charge in [0.15, 0.2) is 11.6 Å². The molecule has 11 atom stereocenters. The fourth-order valence-electron chi connectivity index (χ4n) is 11.9. The Bertz CT molecular complexity index is 1260. The molecule has 3 saturated carbocycles. The van der Waals surface area contributed by atoms with Crippen LogP contribution in [-0.2, 0) is 23.7 Å². The Kier molecular flexibility index (Phi) is 8.37. The van der Waals surface area contributed by atoms with Gasteiger partial charge >= 0.3 is 0 Å². The van der Waals surface area contributed by atoms with Crippen LogP contribution in [0.2, 0.25) is 0 Å². The van der Waals surface area contributed by atoms with Gasteiger partial charge in [-0.1, -0.05) is 66.0 Å². The van der Waals surface area contributed by atoms with Gasteiger partial charge < -0.3 is 28.8 Å². The van der Waals surface area contributed by atoms with Crippen molar-refractivity contribution in [1.29, 1.82) is 0 Å². The largest absolute Gasteiger partial charge is 0.390 e. The number of aliphatic hydroxyl groups is 1. The molecule has 46 heavy (non-hydrogen) atoms. The van der Waals surface area contributed by atoms with Crippen molar-refractivity contribution in [3.63, 3.8) is 0 Å². The van der Waals surface area contributed by atoms with Gasteiger partial charge in [0.25, 0.3) is 0 Å². The van der Waals surface area contributed by atoms with Crippen molar-refractivity contribution in [2.45, 2.75) is 164 Å². The Morgan fingerprint density at radius 1 is 0.848 bits per heavy atom. The number of aliphatic hydroxyl groups excluding tert-OH is 1. The third kappa shape index (κ3) is 5.11. The zero-order chi connectivity index (χ0) is 33.8. The minimum atomic E-state index is -0.836. The zero-order valence-corrected chi connectivity index (χ0v) is 30.9. The van der Waals surface area contributed by atoms with Crippen LogP contribution in [0.1, 0.15) is 128 Å². The number of ether oxygens (including phenoxy) is 5. The Morgan fingerprint density at radius 3 is 2.24 bits per heavy atom. The number of allylic oxidation sites excluding steroid dienone is 2. The fraction of sp³-hybridized carbons (Fsp3) is 0.900. The van der Waals surface area contributed by atoms with Crippen LogP contribution in [0.25, 0.3) is 0 Å². The van der Waals surface area contributed by atoms with Gasteiger partial charge in [0.1, 0.15) is 6.61 Å². The normalized spacial score (nSPS) is 50.8. The van der Waals surface area contributed by atoms with E-state index in [4.69, 9.17) is 30.1 Å². The molecule has 260 valence electrons. The van der Waals surface area contributed by atoms with Gasteiger partial charge in [-0.15, -0.1) is 6.42 Å². The fourth-order valence-corrected chi connectivity index (χ4v) is 11.9. The molecule has 0 aromatic rings. The molecule has 2 aliphatic heterocycles. The quantitative estimate of drug-likeness (QED) is 0.191. The lowest BCUT2D eigenvalue weighted by Crippen LogP contribution is -2.68. The number of hydrogen-bond acceptors (Lipinski definition) is 6. The lowest BCUT2D eigenvalue weighted by molar-refractivity contribution is -0.375. The first kappa shape index (κ1) is 34.9. The van der Waals surface area contributed by atoms with Gasteiger partial charge in [-0.3, -0.25) is 0 Å². The highest BCUT2D eigenvalue weighted by molar-refractivity contribution is 5.29. The van der Waals surface area contributed by atoms with E-state index in [9.17, 15) is 5.11 Å². The smallest absolute Gasteiger partial charge is 0.163 e. The Hall–Kier alpha value is -0.940. The van der Waals surface area contributed by atoms with Crippen molar-refractivity contribution in [1.82, 2.24) is 0 Å². The SMILES string of the molecule is C#CCOC[C@]1(C)[C@H]2C[C@]3(C)C(=CCC4[C@@]5(C)CC[C@@H]6OC(C)(C)OC[C@]6(C)C5CC[C@]43C)CCC(C)(C)[C@@H](O)[C@@H]1OC(C)(C)O2. The molecule has 4 aliphatic carbocycles. The molecular formula is C40H64O6. The van der Waals surface area contributed by atoms with E-state index in [1.54, 1.807) is 5.57 Å². The highest BCUT2D eigenvalue weighted by Crippen LogP contribution is 2.73. The van der Waals surface area contributed by atoms with Crippen molar-refractivity contribution in [3.8, 4) is 12.3 Å². The summed E-state index contributed by atoms with van der Waals surface area (Å²) in [6.07, 6.45) is 15.7. The predicted octanol–water partition coefficient (Wildman–Crippen LogP) is 8.06. The maximum Gasteiger partial charge on any atom is 0.163 e. The van der Waals surface area contributed by atoms with Crippen LogP contribution >= 0.6 is 0 Å². The molecule has 1 N–H and O–H groups in total. The van der Waals surface area contributed by atoms with Gasteiger partial charge in [-0.05, 0) is 113 Å². The Balaban J connectivity index is 1.44. The molecule has 0 aromatic heterocycles. The summed E-state index contributed by atoms with van der Waals surface area (Å²) in [5.74, 6) is 2.38. The van der Waals surface area contributed by atoms with Crippen molar-refractivity contribution in [2.75, 3.05) is 19.8 Å². The van der Waals surface area contributed by atoms with E-state index in [0.29, 0.717) is 18.4 Å². The first-order valence-corrected chi connectivity index (χ1v) is 18.2. The van der Waals surface area contributed by atoms with E-state index in [2.05, 4.69) is 74.3 Å². The molecule has 0 amide bonds. The Labute approximate surface area is 280 Å². The van der Waals surface area contributed by atoms with E-state index in [1.807, 2.05) is 13.8 Å². The van der Waals surface area contributed by atoms with Gasteiger partial charge in [-0.2, -0.15) is 0 Å². The lowest BCUT2D eigenvalue weighted by atomic mass is 9.35. The number of fused-ring (bicyclic) bond motifs is 9. The molecule has 0 radical (unpaired) electrons. The number of terminal acetylenes is 1. The molecule has 2 unspecified atom stereocenters. The average Bonchev–Trinajstić information content (AvgIpc) is 2.95. The van der Waals surface area contributed by atoms with Crippen LogP contribution in [0, 0.1) is 56.7 Å². The monoisotopic (exact) mass is 640 g/mol. The maximum atomic E-state index is 12.1. The van der Waals surface area contributed by atoms with Crippen LogP contribution in [0.4, 0.5) is 0 Å². The summed E-state index contributed by atoms with van der Waals surface area (Å²) in [5, 5.41) is 12.1. The number of rotatable bonds is 3. The maximum absolute atomic E-state index is 12.1. The summed E-state index contributed by atoms with van der Waals surface area (Å²) in [7, 11) is 0. The molecule has 2 bridgehead atoms. The Morgan fingerprint density at radius 2 is 1.54 bits per heavy atom. The van der Waals surface area contributed by atoms with Crippen LogP contribution < -0.4 is 0 Å². The van der Waals surface area contributed by atoms with Crippen LogP contribution in [0.3, 0.4) is 0 Å². The van der Waals surface area contributed by atoms with Crippen LogP contribution in [-0.4, -0.2) is 60.9 Å². The van der Waals surface area contributed by atoms with Crippen molar-refractivity contribution >= 4 is 0 Å². The lowest BCUT2D eigenvalue weighted by Gasteiger charge is -2.71. The van der Waals surface area contributed by atoms with Gasteiger partial charge in [0.05, 0.1) is 37.6 Å². The first-order chi connectivity index (χ1) is 21.2. The molecule has 6 nitrogen and oxygen atoms in total. The molecular weight excluding hydrogens is 576 g/mol. The summed E-state index contributed by atoms with van der Waals surface area (Å²) in [5.41, 5.74) is 0.770. The van der Waals surface area contributed by atoms with Gasteiger partial charge in [0.2, 0.25) is 0 Å².